The van der Waals surface area contributed by atoms with Crippen molar-refractivity contribution in [1.82, 2.24) is 14.9 Å². The summed E-state index contributed by atoms with van der Waals surface area (Å²) in [6.45, 7) is 3.35. The molecule has 6 heteroatoms. The fourth-order valence-electron chi connectivity index (χ4n) is 2.78. The summed E-state index contributed by atoms with van der Waals surface area (Å²) in [5.41, 5.74) is 2.86. The van der Waals surface area contributed by atoms with E-state index in [9.17, 15) is 9.59 Å². The summed E-state index contributed by atoms with van der Waals surface area (Å²) >= 11 is 0. The second-order valence-electron chi connectivity index (χ2n) is 5.84. The maximum atomic E-state index is 12.1. The van der Waals surface area contributed by atoms with Crippen LogP contribution in [0.3, 0.4) is 0 Å². The molecule has 1 atom stereocenters. The lowest BCUT2D eigenvalue weighted by Gasteiger charge is -2.18. The summed E-state index contributed by atoms with van der Waals surface area (Å²) in [5.74, 6) is -0.0961. The predicted octanol–water partition coefficient (Wildman–Crippen LogP) is 2.72. The molecular formula is C19H20N4O2. The Bertz CT molecular complexity index is 902. The number of benzene rings is 2. The van der Waals surface area contributed by atoms with E-state index in [0.717, 1.165) is 16.6 Å². The Balaban J connectivity index is 1.97. The van der Waals surface area contributed by atoms with Crippen LogP contribution in [0.25, 0.3) is 11.0 Å². The molecule has 0 aliphatic heterocycles. The zero-order valence-corrected chi connectivity index (χ0v) is 14.2. The number of carbonyl (C=O) groups excluding carboxylic acids is 2. The summed E-state index contributed by atoms with van der Waals surface area (Å²) in [7, 11) is 0. The highest BCUT2D eigenvalue weighted by atomic mass is 16.2. The van der Waals surface area contributed by atoms with Crippen LogP contribution in [-0.2, 0) is 9.59 Å². The minimum Gasteiger partial charge on any atom is -0.347 e. The zero-order valence-electron chi connectivity index (χ0n) is 14.2. The first-order valence-corrected chi connectivity index (χ1v) is 8.12. The van der Waals surface area contributed by atoms with Gasteiger partial charge in [-0.15, -0.1) is 0 Å². The second-order valence-corrected chi connectivity index (χ2v) is 5.84. The third kappa shape index (κ3) is 3.68. The average molecular weight is 336 g/mol. The van der Waals surface area contributed by atoms with Gasteiger partial charge < -0.3 is 9.88 Å². The average Bonchev–Trinajstić information content (AvgIpc) is 2.97. The lowest BCUT2D eigenvalue weighted by molar-refractivity contribution is -0.122. The molecule has 2 aromatic carbocycles. The quantitative estimate of drug-likeness (QED) is 0.752. The van der Waals surface area contributed by atoms with Crippen LogP contribution in [0.1, 0.15) is 25.5 Å². The number of rotatable bonds is 5. The Morgan fingerprint density at radius 2 is 1.76 bits per heavy atom. The van der Waals surface area contributed by atoms with Crippen molar-refractivity contribution in [3.05, 3.63) is 60.2 Å². The topological polar surface area (TPSA) is 76.0 Å². The maximum absolute atomic E-state index is 12.1. The number of hydrogen-bond acceptors (Lipinski definition) is 3. The van der Waals surface area contributed by atoms with Crippen molar-refractivity contribution in [2.45, 2.75) is 19.9 Å². The van der Waals surface area contributed by atoms with Crippen LogP contribution in [0.4, 0.5) is 5.95 Å². The summed E-state index contributed by atoms with van der Waals surface area (Å²) in [5, 5.41) is 5.30. The number of nitrogens with one attached hydrogen (secondary N) is 2. The van der Waals surface area contributed by atoms with Gasteiger partial charge in [0.25, 0.3) is 0 Å². The van der Waals surface area contributed by atoms with Crippen molar-refractivity contribution in [2.24, 2.45) is 0 Å². The Hall–Kier alpha value is -3.15. The van der Waals surface area contributed by atoms with Crippen LogP contribution in [0.15, 0.2) is 54.6 Å². The molecule has 1 heterocycles. The van der Waals surface area contributed by atoms with Gasteiger partial charge >= 0.3 is 0 Å². The molecule has 0 spiro atoms. The van der Waals surface area contributed by atoms with Crippen LogP contribution in [0.5, 0.6) is 0 Å². The fraction of sp³-hybridized carbons (Fsp3) is 0.211. The van der Waals surface area contributed by atoms with Gasteiger partial charge in [-0.25, -0.2) is 4.98 Å². The number of anilines is 1. The number of nitrogens with zero attached hydrogens (tertiary/aromatic N) is 2. The lowest BCUT2D eigenvalue weighted by atomic mass is 10.1. The monoisotopic (exact) mass is 336 g/mol. The van der Waals surface area contributed by atoms with Gasteiger partial charge in [-0.1, -0.05) is 42.5 Å². The first kappa shape index (κ1) is 16.7. The van der Waals surface area contributed by atoms with Gasteiger partial charge in [-0.05, 0) is 24.6 Å². The van der Waals surface area contributed by atoms with Crippen molar-refractivity contribution in [2.75, 3.05) is 11.9 Å². The van der Waals surface area contributed by atoms with E-state index in [-0.39, 0.29) is 24.4 Å². The molecule has 0 fully saturated rings. The van der Waals surface area contributed by atoms with Crippen LogP contribution in [0, 0.1) is 0 Å². The normalized spacial score (nSPS) is 11.9. The van der Waals surface area contributed by atoms with E-state index in [1.54, 1.807) is 0 Å². The van der Waals surface area contributed by atoms with Crippen molar-refractivity contribution in [1.29, 1.82) is 0 Å². The molecule has 0 bridgehead atoms. The van der Waals surface area contributed by atoms with E-state index >= 15 is 0 Å². The van der Waals surface area contributed by atoms with Gasteiger partial charge in [-0.2, -0.15) is 0 Å². The summed E-state index contributed by atoms with van der Waals surface area (Å²) in [4.78, 5) is 27.7. The molecule has 0 unspecified atom stereocenters. The molecule has 3 aromatic rings. The van der Waals surface area contributed by atoms with Crippen LogP contribution < -0.4 is 10.6 Å². The molecule has 128 valence electrons. The Morgan fingerprint density at radius 1 is 1.08 bits per heavy atom. The van der Waals surface area contributed by atoms with E-state index < -0.39 is 0 Å². The van der Waals surface area contributed by atoms with E-state index in [2.05, 4.69) is 22.5 Å². The Morgan fingerprint density at radius 3 is 2.48 bits per heavy atom. The first-order valence-electron chi connectivity index (χ1n) is 8.12. The molecule has 0 saturated carbocycles. The number of hydrogen-bond donors (Lipinski definition) is 2. The van der Waals surface area contributed by atoms with Crippen molar-refractivity contribution in [3.63, 3.8) is 0 Å². The van der Waals surface area contributed by atoms with Gasteiger partial charge in [0, 0.05) is 6.92 Å². The van der Waals surface area contributed by atoms with E-state index in [4.69, 9.17) is 0 Å². The molecule has 0 aliphatic carbocycles. The molecule has 25 heavy (non-hydrogen) atoms. The van der Waals surface area contributed by atoms with Crippen molar-refractivity contribution in [3.8, 4) is 0 Å². The van der Waals surface area contributed by atoms with Gasteiger partial charge in [0.1, 0.15) is 0 Å². The smallest absolute Gasteiger partial charge is 0.246 e. The number of para-hydroxylation sites is 2. The molecule has 6 nitrogen and oxygen atoms in total. The van der Waals surface area contributed by atoms with Crippen molar-refractivity contribution < 1.29 is 9.59 Å². The molecule has 0 saturated heterocycles. The van der Waals surface area contributed by atoms with Gasteiger partial charge in [0.15, 0.2) is 0 Å². The highest BCUT2D eigenvalue weighted by Crippen LogP contribution is 2.28. The van der Waals surface area contributed by atoms with Crippen LogP contribution >= 0.6 is 0 Å². The van der Waals surface area contributed by atoms with E-state index in [1.165, 1.54) is 6.92 Å². The molecule has 0 radical (unpaired) electrons. The van der Waals surface area contributed by atoms with Crippen LogP contribution in [-0.4, -0.2) is 27.9 Å². The highest BCUT2D eigenvalue weighted by Gasteiger charge is 2.18. The molecule has 2 amide bonds. The molecule has 3 rings (SSSR count). The molecule has 0 aliphatic rings. The van der Waals surface area contributed by atoms with Gasteiger partial charge in [0.05, 0.1) is 23.6 Å². The first-order chi connectivity index (χ1) is 12.1. The van der Waals surface area contributed by atoms with Crippen molar-refractivity contribution >= 4 is 28.8 Å². The number of aromatic nitrogens is 2. The van der Waals surface area contributed by atoms with Crippen LogP contribution in [0.2, 0.25) is 0 Å². The standard InChI is InChI=1S/C19H20N4O2/c1-13(15-8-4-3-5-9-15)23-17-11-7-6-10-16(17)21-19(23)22-18(25)12-20-14(2)24/h3-11,13H,12H2,1-2H3,(H,20,24)(H,21,22,25)/t13-/m1/s1. The van der Waals surface area contributed by atoms with Gasteiger partial charge in [-0.3, -0.25) is 14.9 Å². The SMILES string of the molecule is CC(=O)NCC(=O)Nc1nc2ccccc2n1[C@H](C)c1ccccc1. The highest BCUT2D eigenvalue weighted by molar-refractivity contribution is 5.94. The third-order valence-corrected chi connectivity index (χ3v) is 4.01. The predicted molar refractivity (Wildman–Crippen MR) is 97.3 cm³/mol. The fourth-order valence-corrected chi connectivity index (χ4v) is 2.78. The largest absolute Gasteiger partial charge is 0.347 e. The number of imidazole rings is 1. The summed E-state index contributed by atoms with van der Waals surface area (Å²) < 4.78 is 2.00. The summed E-state index contributed by atoms with van der Waals surface area (Å²) in [6, 6.07) is 17.8. The minimum absolute atomic E-state index is 0.00957. The molecule has 1 aromatic heterocycles. The zero-order chi connectivity index (χ0) is 17.8. The summed E-state index contributed by atoms with van der Waals surface area (Å²) in [6.07, 6.45) is 0. The third-order valence-electron chi connectivity index (χ3n) is 4.01. The second kappa shape index (κ2) is 7.17. The Kier molecular flexibility index (Phi) is 4.79. The Labute approximate surface area is 145 Å². The van der Waals surface area contributed by atoms with Gasteiger partial charge in [0.2, 0.25) is 17.8 Å². The van der Waals surface area contributed by atoms with E-state index in [1.807, 2.05) is 59.2 Å². The number of amides is 2. The lowest BCUT2D eigenvalue weighted by Crippen LogP contribution is -2.32. The molecule has 2 N–H and O–H groups in total. The molecular weight excluding hydrogens is 316 g/mol. The minimum atomic E-state index is -0.313. The van der Waals surface area contributed by atoms with E-state index in [0.29, 0.717) is 5.95 Å². The maximum Gasteiger partial charge on any atom is 0.246 e. The number of fused-ring (bicyclic) bond motifs is 1. The number of carbonyl (C=O) groups is 2.